The van der Waals surface area contributed by atoms with Crippen LogP contribution in [0.3, 0.4) is 0 Å². The number of nitrogens with one attached hydrogen (secondary N) is 5. The Morgan fingerprint density at radius 2 is 1.07 bits per heavy atom. The molecule has 9 aliphatic heterocycles. The van der Waals surface area contributed by atoms with Crippen molar-refractivity contribution in [3.8, 4) is 0 Å². The Bertz CT molecular complexity index is 1010. The Labute approximate surface area is 334 Å². The highest BCUT2D eigenvalue weighted by molar-refractivity contribution is 5.02. The number of hydrogen-bond donors (Lipinski definition) is 5. The topological polar surface area (TPSA) is 97.6 Å². The van der Waals surface area contributed by atoms with Gasteiger partial charge in [-0.15, -0.1) is 0 Å². The van der Waals surface area contributed by atoms with Gasteiger partial charge in [0.2, 0.25) is 0 Å². The first-order valence-corrected chi connectivity index (χ1v) is 20.5. The maximum Gasteiger partial charge on any atom is 0.180 e. The van der Waals surface area contributed by atoms with E-state index in [1.165, 1.54) is 130 Å². The highest BCUT2D eigenvalue weighted by Gasteiger charge is 2.44. The zero-order valence-corrected chi connectivity index (χ0v) is 32.3. The Hall–Kier alpha value is -1.02. The second-order valence-corrected chi connectivity index (χ2v) is 17.7. The van der Waals surface area contributed by atoms with E-state index >= 15 is 0 Å². The van der Waals surface area contributed by atoms with E-state index in [2.05, 4.69) is 68.9 Å². The predicted octanol–water partition coefficient (Wildman–Crippen LogP) is 4.95. The largest absolute Gasteiger partial charge is 0.471 e. The molecule has 0 radical (unpaired) electrons. The van der Waals surface area contributed by atoms with Crippen LogP contribution in [-0.2, 0) is 14.2 Å². The van der Waals surface area contributed by atoms with E-state index in [0.717, 1.165) is 64.4 Å². The van der Waals surface area contributed by atoms with Gasteiger partial charge >= 0.3 is 0 Å². The van der Waals surface area contributed by atoms with Crippen molar-refractivity contribution in [1.82, 2.24) is 41.3 Å². The summed E-state index contributed by atoms with van der Waals surface area (Å²) in [4.78, 5) is 7.37. The number of ether oxygens (including phenoxy) is 3. The lowest BCUT2D eigenvalue weighted by Gasteiger charge is -2.47. The minimum absolute atomic E-state index is 0. The molecule has 10 aliphatic rings. The fourth-order valence-electron chi connectivity index (χ4n) is 10.3. The molecule has 0 bridgehead atoms. The molecule has 10 rings (SSSR count). The molecule has 1 atom stereocenters. The van der Waals surface area contributed by atoms with Gasteiger partial charge in [-0.05, 0) is 110 Å². The maximum absolute atomic E-state index is 5.64. The Morgan fingerprint density at radius 3 is 1.50 bits per heavy atom. The molecule has 5 N–H and O–H groups in total. The molecule has 5 spiro atoms. The first-order chi connectivity index (χ1) is 24.2. The van der Waals surface area contributed by atoms with Crippen LogP contribution in [0, 0.1) is 16.2 Å². The van der Waals surface area contributed by atoms with Gasteiger partial charge < -0.3 is 55.5 Å². The Balaban J connectivity index is 0.000000229. The van der Waals surface area contributed by atoms with Crippen LogP contribution in [0.15, 0.2) is 12.5 Å². The Morgan fingerprint density at radius 1 is 0.574 bits per heavy atom. The van der Waals surface area contributed by atoms with Crippen LogP contribution < -0.4 is 26.6 Å². The van der Waals surface area contributed by atoms with E-state index in [-0.39, 0.29) is 41.1 Å². The molecule has 9 heterocycles. The van der Waals surface area contributed by atoms with Gasteiger partial charge in [-0.2, -0.15) is 0 Å². The molecule has 320 valence electrons. The third-order valence-electron chi connectivity index (χ3n) is 13.3. The van der Waals surface area contributed by atoms with Crippen molar-refractivity contribution < 1.29 is 14.2 Å². The third-order valence-corrected chi connectivity index (χ3v) is 13.3. The highest BCUT2D eigenvalue weighted by atomic mass is 16.7. The van der Waals surface area contributed by atoms with Crippen LogP contribution in [-0.4, -0.2) is 158 Å². The highest BCUT2D eigenvalue weighted by Crippen LogP contribution is 2.37. The smallest absolute Gasteiger partial charge is 0.180 e. The van der Waals surface area contributed by atoms with Gasteiger partial charge in [-0.3, -0.25) is 0 Å². The molecule has 54 heavy (non-hydrogen) atoms. The first kappa shape index (κ1) is 49.1. The maximum atomic E-state index is 5.64. The van der Waals surface area contributed by atoms with Crippen molar-refractivity contribution in [3.05, 3.63) is 12.5 Å². The van der Waals surface area contributed by atoms with Crippen LogP contribution in [0.4, 0.5) is 0 Å². The quantitative estimate of drug-likeness (QED) is 0.251. The lowest BCUT2D eigenvalue weighted by molar-refractivity contribution is -0.176. The molecular formula is C43H90N8O3. The summed E-state index contributed by atoms with van der Waals surface area (Å²) in [7, 11) is 4.43. The van der Waals surface area contributed by atoms with Gasteiger partial charge in [0, 0.05) is 88.9 Å². The SMILES string of the molecule is C.C.C.C.C1CCC2(CC1)OCCO2.C=C1NCC2(CCNCC2)O1.CCN1CC2(CCNC2)C1.CN1CC2(CCNC2)C1.CN1CCC2(CCNC2)C1. The molecule has 10 fully saturated rings. The minimum Gasteiger partial charge on any atom is -0.471 e. The number of hydrogen-bond acceptors (Lipinski definition) is 11. The second kappa shape index (κ2) is 22.2. The van der Waals surface area contributed by atoms with E-state index in [9.17, 15) is 0 Å². The molecule has 11 heteroatoms. The van der Waals surface area contributed by atoms with Crippen molar-refractivity contribution in [2.24, 2.45) is 16.2 Å². The van der Waals surface area contributed by atoms with E-state index in [4.69, 9.17) is 14.2 Å². The molecule has 1 unspecified atom stereocenters. The lowest BCUT2D eigenvalue weighted by Crippen LogP contribution is -2.56. The van der Waals surface area contributed by atoms with E-state index in [1.54, 1.807) is 0 Å². The van der Waals surface area contributed by atoms with Crippen molar-refractivity contribution in [2.45, 2.75) is 119 Å². The number of rotatable bonds is 1. The van der Waals surface area contributed by atoms with E-state index < -0.39 is 0 Å². The molecule has 9 saturated heterocycles. The summed E-state index contributed by atoms with van der Waals surface area (Å²) in [5.74, 6) is 0.616. The third kappa shape index (κ3) is 13.0. The summed E-state index contributed by atoms with van der Waals surface area (Å²) >= 11 is 0. The average molecular weight is 767 g/mol. The minimum atomic E-state index is -0.127. The van der Waals surface area contributed by atoms with Gasteiger partial charge in [0.05, 0.1) is 19.8 Å². The average Bonchev–Trinajstić information content (AvgIpc) is 3.95. The van der Waals surface area contributed by atoms with Crippen LogP contribution >= 0.6 is 0 Å². The normalized spacial score (nSPS) is 30.5. The second-order valence-electron chi connectivity index (χ2n) is 17.7. The van der Waals surface area contributed by atoms with Crippen molar-refractivity contribution >= 4 is 0 Å². The molecule has 1 saturated carbocycles. The molecule has 0 aromatic carbocycles. The van der Waals surface area contributed by atoms with Gasteiger partial charge in [0.15, 0.2) is 11.7 Å². The monoisotopic (exact) mass is 767 g/mol. The van der Waals surface area contributed by atoms with Crippen molar-refractivity contribution in [3.63, 3.8) is 0 Å². The summed E-state index contributed by atoms with van der Waals surface area (Å²) in [5, 5.41) is 16.7. The lowest BCUT2D eigenvalue weighted by atomic mass is 9.79. The van der Waals surface area contributed by atoms with Gasteiger partial charge in [0.25, 0.3) is 0 Å². The van der Waals surface area contributed by atoms with Crippen LogP contribution in [0.1, 0.15) is 107 Å². The van der Waals surface area contributed by atoms with Crippen LogP contribution in [0.25, 0.3) is 0 Å². The van der Waals surface area contributed by atoms with Crippen molar-refractivity contribution in [1.29, 1.82) is 0 Å². The standard InChI is InChI=1S/C8H14N2O.2C8H16N2.C8H14O2.C7H14N2.4CH4/c1-7-10-6-8(11-7)2-4-9-5-3-8;1-10-5-3-8(7-10)2-4-9-6-8;1-2-10-6-8(7-10)3-4-9-5-8;1-2-4-8(5-3-1)9-6-7-10-8;1-9-5-7(6-9)2-3-8-4-7;;;;/h9-10H,1-6H2;2*9H,2-7H2,1H3;1-7H2;8H,2-6H2,1H3;4*1H4. The summed E-state index contributed by atoms with van der Waals surface area (Å²) < 4.78 is 16.8. The Kier molecular flexibility index (Phi) is 20.2. The van der Waals surface area contributed by atoms with Crippen molar-refractivity contribution in [2.75, 3.05) is 132 Å². The van der Waals surface area contributed by atoms with Crippen LogP contribution in [0.2, 0.25) is 0 Å². The molecule has 0 amide bonds. The molecule has 1 aliphatic carbocycles. The number of nitrogens with zero attached hydrogens (tertiary/aromatic N) is 3. The molecule has 0 aromatic heterocycles. The fraction of sp³-hybridized carbons (Fsp3) is 0.953. The van der Waals surface area contributed by atoms with Gasteiger partial charge in [-0.25, -0.2) is 0 Å². The first-order valence-electron chi connectivity index (χ1n) is 20.5. The van der Waals surface area contributed by atoms with Gasteiger partial charge in [0.1, 0.15) is 5.60 Å². The molecule has 11 nitrogen and oxygen atoms in total. The predicted molar refractivity (Wildman–Crippen MR) is 229 cm³/mol. The molecular weight excluding hydrogens is 677 g/mol. The van der Waals surface area contributed by atoms with E-state index in [0.29, 0.717) is 16.2 Å². The zero-order valence-electron chi connectivity index (χ0n) is 32.3. The number of likely N-dealkylation sites (tertiary alicyclic amines) is 3. The van der Waals surface area contributed by atoms with E-state index in [1.807, 2.05) is 0 Å². The fourth-order valence-corrected chi connectivity index (χ4v) is 10.3. The zero-order chi connectivity index (χ0) is 35.0. The number of piperidine rings is 1. The van der Waals surface area contributed by atoms with Gasteiger partial charge in [-0.1, -0.05) is 43.1 Å². The summed E-state index contributed by atoms with van der Waals surface area (Å²) in [6.07, 6.45) is 14.0. The van der Waals surface area contributed by atoms with Crippen LogP contribution in [0.5, 0.6) is 0 Å². The summed E-state index contributed by atoms with van der Waals surface area (Å²) in [6.45, 7) is 27.4. The molecule has 0 aromatic rings. The summed E-state index contributed by atoms with van der Waals surface area (Å²) in [6, 6.07) is 0. The summed E-state index contributed by atoms with van der Waals surface area (Å²) in [5.41, 5.74) is 2.15.